The lowest BCUT2D eigenvalue weighted by Crippen LogP contribution is -2.31. The molecule has 2 aromatic carbocycles. The summed E-state index contributed by atoms with van der Waals surface area (Å²) in [6.07, 6.45) is 1.67. The van der Waals surface area contributed by atoms with Crippen LogP contribution < -0.4 is 5.32 Å². The molecule has 1 heterocycles. The molecule has 4 nitrogen and oxygen atoms in total. The van der Waals surface area contributed by atoms with Gasteiger partial charge in [0, 0.05) is 11.6 Å². The van der Waals surface area contributed by atoms with E-state index in [1.54, 1.807) is 13.1 Å². The molecule has 0 bridgehead atoms. The molecule has 3 aromatic rings. The number of amides is 1. The van der Waals surface area contributed by atoms with E-state index >= 15 is 0 Å². The van der Waals surface area contributed by atoms with Gasteiger partial charge in [0.15, 0.2) is 0 Å². The highest BCUT2D eigenvalue weighted by molar-refractivity contribution is 6.15. The van der Waals surface area contributed by atoms with Crippen LogP contribution in [0.25, 0.3) is 21.7 Å². The average molecular weight is 275 g/mol. The van der Waals surface area contributed by atoms with Crippen molar-refractivity contribution in [3.63, 3.8) is 0 Å². The predicted octanol–water partition coefficient (Wildman–Crippen LogP) is 3.03. The van der Waals surface area contributed by atoms with Crippen molar-refractivity contribution in [2.45, 2.75) is 13.0 Å². The number of nitrogens with one attached hydrogen (secondary N) is 1. The van der Waals surface area contributed by atoms with Crippen LogP contribution in [0.3, 0.4) is 0 Å². The van der Waals surface area contributed by atoms with Gasteiger partial charge in [0.1, 0.15) is 6.04 Å². The van der Waals surface area contributed by atoms with E-state index in [9.17, 15) is 4.79 Å². The second-order valence-electron chi connectivity index (χ2n) is 4.87. The van der Waals surface area contributed by atoms with Crippen molar-refractivity contribution in [2.24, 2.45) is 0 Å². The molecule has 1 N–H and O–H groups in total. The molecule has 1 unspecified atom stereocenters. The lowest BCUT2D eigenvalue weighted by molar-refractivity contribution is 0.0949. The number of benzene rings is 2. The van der Waals surface area contributed by atoms with E-state index in [2.05, 4.69) is 10.3 Å². The Bertz CT molecular complexity index is 880. The third-order valence-corrected chi connectivity index (χ3v) is 3.40. The maximum Gasteiger partial charge on any atom is 0.254 e. The van der Waals surface area contributed by atoms with E-state index in [4.69, 9.17) is 5.26 Å². The summed E-state index contributed by atoms with van der Waals surface area (Å²) in [4.78, 5) is 16.7. The van der Waals surface area contributed by atoms with Gasteiger partial charge in [-0.1, -0.05) is 30.3 Å². The van der Waals surface area contributed by atoms with Gasteiger partial charge in [-0.3, -0.25) is 9.78 Å². The molecule has 0 aliphatic carbocycles. The SMILES string of the molecule is CC(C#N)NC(=O)c1cc2ccccc2c2cccnc12. The number of carbonyl (C=O) groups is 1. The van der Waals surface area contributed by atoms with Gasteiger partial charge in [0.25, 0.3) is 5.91 Å². The van der Waals surface area contributed by atoms with Crippen LogP contribution in [0, 0.1) is 11.3 Å². The summed E-state index contributed by atoms with van der Waals surface area (Å²) < 4.78 is 0. The Labute approximate surface area is 122 Å². The normalized spacial score (nSPS) is 12.0. The van der Waals surface area contributed by atoms with E-state index < -0.39 is 6.04 Å². The van der Waals surface area contributed by atoms with Crippen LogP contribution in [-0.4, -0.2) is 16.9 Å². The number of pyridine rings is 1. The summed E-state index contributed by atoms with van der Waals surface area (Å²) >= 11 is 0. The van der Waals surface area contributed by atoms with E-state index in [0.717, 1.165) is 16.2 Å². The third kappa shape index (κ3) is 2.30. The molecule has 0 fully saturated rings. The molecule has 0 aliphatic rings. The third-order valence-electron chi connectivity index (χ3n) is 3.40. The standard InChI is InChI=1S/C17H13N3O/c1-11(10-18)20-17(21)15-9-12-5-2-3-6-13(12)14-7-4-8-19-16(14)15/h2-9,11H,1H3,(H,20,21). The van der Waals surface area contributed by atoms with E-state index in [1.165, 1.54) is 0 Å². The Morgan fingerprint density at radius 2 is 2.00 bits per heavy atom. The first kappa shape index (κ1) is 13.1. The van der Waals surface area contributed by atoms with Crippen LogP contribution >= 0.6 is 0 Å². The average Bonchev–Trinajstić information content (AvgIpc) is 2.53. The zero-order valence-electron chi connectivity index (χ0n) is 11.5. The van der Waals surface area contributed by atoms with Crippen molar-refractivity contribution < 1.29 is 4.79 Å². The monoisotopic (exact) mass is 275 g/mol. The molecule has 4 heteroatoms. The molecule has 102 valence electrons. The zero-order valence-corrected chi connectivity index (χ0v) is 11.5. The van der Waals surface area contributed by atoms with Gasteiger partial charge in [-0.2, -0.15) is 5.26 Å². The molecule has 0 saturated heterocycles. The number of aromatic nitrogens is 1. The molecule has 1 amide bonds. The summed E-state index contributed by atoms with van der Waals surface area (Å²) in [5, 5.41) is 14.5. The molecule has 0 spiro atoms. The summed E-state index contributed by atoms with van der Waals surface area (Å²) in [5.41, 5.74) is 1.14. The highest BCUT2D eigenvalue weighted by atomic mass is 16.1. The van der Waals surface area contributed by atoms with Crippen LogP contribution in [0.2, 0.25) is 0 Å². The van der Waals surface area contributed by atoms with Gasteiger partial charge < -0.3 is 5.32 Å². The molecule has 1 atom stereocenters. The lowest BCUT2D eigenvalue weighted by Gasteiger charge is -2.11. The van der Waals surface area contributed by atoms with Crippen molar-refractivity contribution in [2.75, 3.05) is 0 Å². The van der Waals surface area contributed by atoms with Crippen molar-refractivity contribution in [3.8, 4) is 6.07 Å². The van der Waals surface area contributed by atoms with E-state index in [1.807, 2.05) is 48.5 Å². The number of nitrogens with zero attached hydrogens (tertiary/aromatic N) is 2. The number of rotatable bonds is 2. The smallest absolute Gasteiger partial charge is 0.254 e. The molecule has 0 saturated carbocycles. The molecular weight excluding hydrogens is 262 g/mol. The number of hydrogen-bond acceptors (Lipinski definition) is 3. The second kappa shape index (κ2) is 5.22. The van der Waals surface area contributed by atoms with Crippen LogP contribution in [-0.2, 0) is 0 Å². The zero-order chi connectivity index (χ0) is 14.8. The first-order chi connectivity index (χ1) is 10.2. The maximum absolute atomic E-state index is 12.4. The first-order valence-electron chi connectivity index (χ1n) is 6.67. The van der Waals surface area contributed by atoms with Crippen LogP contribution in [0.5, 0.6) is 0 Å². The van der Waals surface area contributed by atoms with E-state index in [0.29, 0.717) is 11.1 Å². The first-order valence-corrected chi connectivity index (χ1v) is 6.67. The summed E-state index contributed by atoms with van der Waals surface area (Å²) in [7, 11) is 0. The summed E-state index contributed by atoms with van der Waals surface area (Å²) in [6, 6.07) is 15.0. The highest BCUT2D eigenvalue weighted by Gasteiger charge is 2.15. The number of carbonyl (C=O) groups excluding carboxylic acids is 1. The van der Waals surface area contributed by atoms with Crippen molar-refractivity contribution >= 4 is 27.6 Å². The maximum atomic E-state index is 12.4. The van der Waals surface area contributed by atoms with Crippen LogP contribution in [0.4, 0.5) is 0 Å². The van der Waals surface area contributed by atoms with Gasteiger partial charge >= 0.3 is 0 Å². The number of nitriles is 1. The largest absolute Gasteiger partial charge is 0.336 e. The van der Waals surface area contributed by atoms with Gasteiger partial charge in [-0.25, -0.2) is 0 Å². The molecule has 1 aromatic heterocycles. The Kier molecular flexibility index (Phi) is 3.25. The van der Waals surface area contributed by atoms with Crippen molar-refractivity contribution in [1.29, 1.82) is 5.26 Å². The minimum atomic E-state index is -0.539. The van der Waals surface area contributed by atoms with Crippen LogP contribution in [0.1, 0.15) is 17.3 Å². The van der Waals surface area contributed by atoms with Gasteiger partial charge in [0.05, 0.1) is 17.1 Å². The quantitative estimate of drug-likeness (QED) is 0.731. The van der Waals surface area contributed by atoms with Crippen molar-refractivity contribution in [3.05, 3.63) is 54.2 Å². The fourth-order valence-electron chi connectivity index (χ4n) is 2.41. The Balaban J connectivity index is 2.26. The van der Waals surface area contributed by atoms with Gasteiger partial charge in [0.2, 0.25) is 0 Å². The molecule has 3 rings (SSSR count). The second-order valence-corrected chi connectivity index (χ2v) is 4.87. The fraction of sp³-hybridized carbons (Fsp3) is 0.118. The lowest BCUT2D eigenvalue weighted by atomic mass is 10.0. The molecule has 0 radical (unpaired) electrons. The predicted molar refractivity (Wildman–Crippen MR) is 81.8 cm³/mol. The van der Waals surface area contributed by atoms with Gasteiger partial charge in [-0.15, -0.1) is 0 Å². The fourth-order valence-corrected chi connectivity index (χ4v) is 2.41. The Morgan fingerprint density at radius 3 is 2.81 bits per heavy atom. The minimum Gasteiger partial charge on any atom is -0.336 e. The topological polar surface area (TPSA) is 65.8 Å². The number of fused-ring (bicyclic) bond motifs is 3. The molecule has 21 heavy (non-hydrogen) atoms. The Morgan fingerprint density at radius 1 is 1.24 bits per heavy atom. The van der Waals surface area contributed by atoms with Crippen LogP contribution in [0.15, 0.2) is 48.7 Å². The highest BCUT2D eigenvalue weighted by Crippen LogP contribution is 2.27. The van der Waals surface area contributed by atoms with E-state index in [-0.39, 0.29) is 5.91 Å². The number of hydrogen-bond donors (Lipinski definition) is 1. The minimum absolute atomic E-state index is 0.279. The summed E-state index contributed by atoms with van der Waals surface area (Å²) in [5.74, 6) is -0.279. The Hall–Kier alpha value is -2.93. The summed E-state index contributed by atoms with van der Waals surface area (Å²) in [6.45, 7) is 1.65. The molecular formula is C17H13N3O. The van der Waals surface area contributed by atoms with Gasteiger partial charge in [-0.05, 0) is 29.8 Å². The molecule has 0 aliphatic heterocycles. The van der Waals surface area contributed by atoms with Crippen molar-refractivity contribution in [1.82, 2.24) is 10.3 Å².